The van der Waals surface area contributed by atoms with Gasteiger partial charge in [-0.3, -0.25) is 0 Å². The van der Waals surface area contributed by atoms with E-state index in [4.69, 9.17) is 10.3 Å². The molecule has 108 valence electrons. The number of halogens is 3. The summed E-state index contributed by atoms with van der Waals surface area (Å²) in [6.07, 6.45) is -2.39. The second-order valence-electron chi connectivity index (χ2n) is 4.18. The summed E-state index contributed by atoms with van der Waals surface area (Å²) in [5.41, 5.74) is 5.01. The summed E-state index contributed by atoms with van der Waals surface area (Å²) in [6.45, 7) is 1.03. The fraction of sp³-hybridized carbons (Fsp3) is 0.308. The van der Waals surface area contributed by atoms with Crippen LogP contribution in [0.5, 0.6) is 0 Å². The Morgan fingerprint density at radius 3 is 2.70 bits per heavy atom. The number of nitrogens with one attached hydrogen (secondary N) is 1. The van der Waals surface area contributed by atoms with E-state index in [2.05, 4.69) is 10.5 Å². The van der Waals surface area contributed by atoms with Crippen LogP contribution in [-0.2, 0) is 6.18 Å². The largest absolute Gasteiger partial charge is 0.417 e. The molecule has 4 nitrogen and oxygen atoms in total. The number of hydrogen-bond acceptors (Lipinski definition) is 4. The molecule has 0 aliphatic rings. The molecule has 0 saturated heterocycles. The van der Waals surface area contributed by atoms with Gasteiger partial charge in [0.2, 0.25) is 0 Å². The summed E-state index contributed by atoms with van der Waals surface area (Å²) >= 11 is 0. The molecule has 0 saturated carbocycles. The summed E-state index contributed by atoms with van der Waals surface area (Å²) in [5.74, 6) is 0.0787. The number of alkyl halides is 3. The van der Waals surface area contributed by atoms with Crippen molar-refractivity contribution in [2.24, 2.45) is 5.73 Å². The first-order valence-corrected chi connectivity index (χ1v) is 6.09. The molecule has 1 aromatic carbocycles. The van der Waals surface area contributed by atoms with Crippen molar-refractivity contribution in [3.05, 3.63) is 36.0 Å². The third-order valence-corrected chi connectivity index (χ3v) is 2.74. The molecule has 0 aliphatic carbocycles. The molecule has 20 heavy (non-hydrogen) atoms. The Morgan fingerprint density at radius 2 is 2.00 bits per heavy atom. The van der Waals surface area contributed by atoms with Crippen LogP contribution in [0.1, 0.15) is 12.0 Å². The van der Waals surface area contributed by atoms with E-state index >= 15 is 0 Å². The third-order valence-electron chi connectivity index (χ3n) is 2.74. The highest BCUT2D eigenvalue weighted by atomic mass is 19.4. The molecule has 1 aromatic heterocycles. The molecule has 0 atom stereocenters. The van der Waals surface area contributed by atoms with Crippen molar-refractivity contribution in [2.45, 2.75) is 12.6 Å². The van der Waals surface area contributed by atoms with Crippen LogP contribution in [0.3, 0.4) is 0 Å². The van der Waals surface area contributed by atoms with E-state index < -0.39 is 11.7 Å². The predicted molar refractivity (Wildman–Crippen MR) is 69.1 cm³/mol. The van der Waals surface area contributed by atoms with Crippen LogP contribution in [0.2, 0.25) is 0 Å². The van der Waals surface area contributed by atoms with Crippen LogP contribution in [0.15, 0.2) is 35.0 Å². The van der Waals surface area contributed by atoms with E-state index in [0.29, 0.717) is 25.2 Å². The molecule has 0 bridgehead atoms. The van der Waals surface area contributed by atoms with E-state index in [0.717, 1.165) is 6.07 Å². The summed E-state index contributed by atoms with van der Waals surface area (Å²) in [5, 5.41) is 6.53. The predicted octanol–water partition coefficient (Wildman–Crippen LogP) is 3.12. The minimum Gasteiger partial charge on any atom is -0.381 e. The van der Waals surface area contributed by atoms with E-state index in [1.807, 2.05) is 0 Å². The highest BCUT2D eigenvalue weighted by Gasteiger charge is 2.34. The van der Waals surface area contributed by atoms with Gasteiger partial charge in [-0.2, -0.15) is 13.2 Å². The first-order valence-electron chi connectivity index (χ1n) is 6.09. The Kier molecular flexibility index (Phi) is 4.29. The van der Waals surface area contributed by atoms with Crippen LogP contribution >= 0.6 is 0 Å². The van der Waals surface area contributed by atoms with Crippen LogP contribution < -0.4 is 11.1 Å². The second-order valence-corrected chi connectivity index (χ2v) is 4.18. The van der Waals surface area contributed by atoms with Crippen molar-refractivity contribution >= 4 is 5.69 Å². The number of rotatable bonds is 5. The summed E-state index contributed by atoms with van der Waals surface area (Å²) in [4.78, 5) is 0. The lowest BCUT2D eigenvalue weighted by Crippen LogP contribution is -2.09. The number of hydrogen-bond donors (Lipinski definition) is 2. The van der Waals surface area contributed by atoms with Crippen molar-refractivity contribution < 1.29 is 17.7 Å². The lowest BCUT2D eigenvalue weighted by Gasteiger charge is -2.12. The van der Waals surface area contributed by atoms with Gasteiger partial charge in [-0.15, -0.1) is 0 Å². The molecule has 0 fully saturated rings. The lowest BCUT2D eigenvalue weighted by molar-refractivity contribution is -0.137. The average molecular weight is 285 g/mol. The highest BCUT2D eigenvalue weighted by Crippen LogP contribution is 2.39. The molecule has 2 aromatic rings. The van der Waals surface area contributed by atoms with Crippen molar-refractivity contribution in [1.82, 2.24) is 5.16 Å². The molecular weight excluding hydrogens is 271 g/mol. The van der Waals surface area contributed by atoms with E-state index in [9.17, 15) is 13.2 Å². The molecular formula is C13H14F3N3O. The standard InChI is InChI=1S/C13H14F3N3O/c14-13(15,16)10-5-2-1-4-9(10)12-11(8-19-20-12)18-7-3-6-17/h1-2,4-5,8,18H,3,6-7,17H2. The highest BCUT2D eigenvalue weighted by molar-refractivity contribution is 5.74. The molecule has 0 spiro atoms. The smallest absolute Gasteiger partial charge is 0.381 e. The van der Waals surface area contributed by atoms with Gasteiger partial charge < -0.3 is 15.6 Å². The van der Waals surface area contributed by atoms with Crippen LogP contribution in [0.25, 0.3) is 11.3 Å². The Balaban J connectivity index is 2.35. The minimum absolute atomic E-state index is 0.0345. The van der Waals surface area contributed by atoms with Gasteiger partial charge in [-0.25, -0.2) is 0 Å². The average Bonchev–Trinajstić information content (AvgIpc) is 2.86. The van der Waals surface area contributed by atoms with Crippen molar-refractivity contribution in [1.29, 1.82) is 0 Å². The number of nitrogens with two attached hydrogens (primary N) is 1. The summed E-state index contributed by atoms with van der Waals surface area (Å²) < 4.78 is 43.9. The topological polar surface area (TPSA) is 64.1 Å². The maximum Gasteiger partial charge on any atom is 0.417 e. The zero-order valence-corrected chi connectivity index (χ0v) is 10.6. The Labute approximate surface area is 113 Å². The minimum atomic E-state index is -4.45. The van der Waals surface area contributed by atoms with Gasteiger partial charge in [0.1, 0.15) is 5.69 Å². The molecule has 2 rings (SSSR count). The maximum absolute atomic E-state index is 13.0. The molecule has 7 heteroatoms. The van der Waals surface area contributed by atoms with Gasteiger partial charge >= 0.3 is 6.18 Å². The Hall–Kier alpha value is -2.02. The van der Waals surface area contributed by atoms with Gasteiger partial charge in [0.15, 0.2) is 5.76 Å². The van der Waals surface area contributed by atoms with Crippen LogP contribution in [0, 0.1) is 0 Å². The van der Waals surface area contributed by atoms with Gasteiger partial charge in [0, 0.05) is 12.1 Å². The molecule has 3 N–H and O–H groups in total. The molecule has 1 heterocycles. The SMILES string of the molecule is NCCCNc1cnoc1-c1ccccc1C(F)(F)F. The zero-order valence-electron chi connectivity index (χ0n) is 10.6. The van der Waals surface area contributed by atoms with E-state index in [-0.39, 0.29) is 11.3 Å². The van der Waals surface area contributed by atoms with Crippen LogP contribution in [-0.4, -0.2) is 18.2 Å². The van der Waals surface area contributed by atoms with Crippen molar-refractivity contribution in [2.75, 3.05) is 18.4 Å². The van der Waals surface area contributed by atoms with Crippen molar-refractivity contribution in [3.8, 4) is 11.3 Å². The number of anilines is 1. The zero-order chi connectivity index (χ0) is 14.6. The number of benzene rings is 1. The molecule has 0 radical (unpaired) electrons. The third kappa shape index (κ3) is 3.11. The fourth-order valence-electron chi connectivity index (χ4n) is 1.81. The monoisotopic (exact) mass is 285 g/mol. The number of nitrogens with zero attached hydrogens (tertiary/aromatic N) is 1. The Morgan fingerprint density at radius 1 is 1.25 bits per heavy atom. The van der Waals surface area contributed by atoms with Gasteiger partial charge in [-0.1, -0.05) is 23.4 Å². The first kappa shape index (κ1) is 14.4. The first-order chi connectivity index (χ1) is 9.54. The van der Waals surface area contributed by atoms with E-state index in [1.165, 1.54) is 24.4 Å². The Bertz CT molecular complexity index is 566. The second kappa shape index (κ2) is 5.96. The molecule has 0 aliphatic heterocycles. The number of aromatic nitrogens is 1. The lowest BCUT2D eigenvalue weighted by atomic mass is 10.0. The fourth-order valence-corrected chi connectivity index (χ4v) is 1.81. The van der Waals surface area contributed by atoms with Gasteiger partial charge in [0.05, 0.1) is 11.8 Å². The molecule has 0 unspecified atom stereocenters. The van der Waals surface area contributed by atoms with Crippen molar-refractivity contribution in [3.63, 3.8) is 0 Å². The maximum atomic E-state index is 13.0. The van der Waals surface area contributed by atoms with Crippen LogP contribution in [0.4, 0.5) is 18.9 Å². The molecule has 0 amide bonds. The van der Waals surface area contributed by atoms with Gasteiger partial charge in [0.25, 0.3) is 0 Å². The summed E-state index contributed by atoms with van der Waals surface area (Å²) in [7, 11) is 0. The van der Waals surface area contributed by atoms with E-state index in [1.54, 1.807) is 0 Å². The normalized spacial score (nSPS) is 11.6. The summed E-state index contributed by atoms with van der Waals surface area (Å²) in [6, 6.07) is 5.24. The quantitative estimate of drug-likeness (QED) is 0.828. The van der Waals surface area contributed by atoms with Gasteiger partial charge in [-0.05, 0) is 19.0 Å².